The van der Waals surface area contributed by atoms with Gasteiger partial charge in [0, 0.05) is 12.5 Å². The molecule has 1 heterocycles. The van der Waals surface area contributed by atoms with E-state index in [0.29, 0.717) is 6.42 Å². The van der Waals surface area contributed by atoms with Crippen molar-refractivity contribution in [3.8, 4) is 0 Å². The van der Waals surface area contributed by atoms with Gasteiger partial charge in [-0.3, -0.25) is 4.79 Å². The highest BCUT2D eigenvalue weighted by molar-refractivity contribution is 5.76. The first-order valence-corrected chi connectivity index (χ1v) is 4.88. The molecule has 0 aliphatic carbocycles. The minimum atomic E-state index is 0.165. The Bertz CT molecular complexity index is 208. The summed E-state index contributed by atoms with van der Waals surface area (Å²) in [6.45, 7) is 3.69. The molecular formula is C11H17NO. The van der Waals surface area contributed by atoms with Gasteiger partial charge in [-0.2, -0.15) is 0 Å². The topological polar surface area (TPSA) is 29.1 Å². The average molecular weight is 179 g/mol. The van der Waals surface area contributed by atoms with Crippen LogP contribution in [0.3, 0.4) is 0 Å². The van der Waals surface area contributed by atoms with Crippen LogP contribution in [0.25, 0.3) is 0 Å². The maximum Gasteiger partial charge on any atom is 0.220 e. The predicted molar refractivity (Wildman–Crippen MR) is 54.4 cm³/mol. The summed E-state index contributed by atoms with van der Waals surface area (Å²) < 4.78 is 0. The lowest BCUT2D eigenvalue weighted by Gasteiger charge is -2.15. The van der Waals surface area contributed by atoms with Crippen LogP contribution in [0.4, 0.5) is 0 Å². The lowest BCUT2D eigenvalue weighted by molar-refractivity contribution is -0.121. The van der Waals surface area contributed by atoms with E-state index < -0.39 is 0 Å². The van der Waals surface area contributed by atoms with Crippen LogP contribution in [0, 0.1) is 0 Å². The van der Waals surface area contributed by atoms with E-state index in [4.69, 9.17) is 0 Å². The third-order valence-electron chi connectivity index (χ3n) is 2.20. The van der Waals surface area contributed by atoms with Gasteiger partial charge in [0.1, 0.15) is 0 Å². The van der Waals surface area contributed by atoms with Crippen LogP contribution in [0.5, 0.6) is 0 Å². The zero-order valence-electron chi connectivity index (χ0n) is 7.96. The molecule has 0 fully saturated rings. The average Bonchev–Trinajstić information content (AvgIpc) is 2.18. The van der Waals surface area contributed by atoms with E-state index >= 15 is 0 Å². The molecule has 2 nitrogen and oxygen atoms in total. The van der Waals surface area contributed by atoms with Gasteiger partial charge >= 0.3 is 0 Å². The molecule has 0 spiro atoms. The lowest BCUT2D eigenvalue weighted by atomic mass is 10.1. The fourth-order valence-electron chi connectivity index (χ4n) is 1.50. The molecule has 2 heteroatoms. The smallest absolute Gasteiger partial charge is 0.220 e. The van der Waals surface area contributed by atoms with Crippen molar-refractivity contribution < 1.29 is 4.79 Å². The van der Waals surface area contributed by atoms with Gasteiger partial charge in [-0.05, 0) is 25.7 Å². The van der Waals surface area contributed by atoms with Crippen molar-refractivity contribution >= 4 is 5.91 Å². The number of hydrogen-bond acceptors (Lipinski definition) is 1. The molecular weight excluding hydrogens is 162 g/mol. The Morgan fingerprint density at radius 3 is 3.08 bits per heavy atom. The monoisotopic (exact) mass is 179 g/mol. The van der Waals surface area contributed by atoms with Crippen molar-refractivity contribution in [1.82, 2.24) is 5.32 Å². The second kappa shape index (κ2) is 5.57. The fourth-order valence-corrected chi connectivity index (χ4v) is 1.50. The summed E-state index contributed by atoms with van der Waals surface area (Å²) in [5.74, 6) is 0.165. The summed E-state index contributed by atoms with van der Waals surface area (Å²) in [6.07, 6.45) is 10.6. The molecule has 1 rings (SSSR count). The van der Waals surface area contributed by atoms with Gasteiger partial charge in [0.05, 0.1) is 0 Å². The van der Waals surface area contributed by atoms with Crippen molar-refractivity contribution in [2.75, 3.05) is 0 Å². The third-order valence-corrected chi connectivity index (χ3v) is 2.20. The number of nitrogens with one attached hydrogen (secondary N) is 1. The molecule has 0 bridgehead atoms. The van der Waals surface area contributed by atoms with Crippen LogP contribution < -0.4 is 5.32 Å². The molecule has 1 aliphatic rings. The zero-order valence-corrected chi connectivity index (χ0v) is 7.96. The van der Waals surface area contributed by atoms with Crippen LogP contribution in [-0.2, 0) is 4.79 Å². The summed E-state index contributed by atoms with van der Waals surface area (Å²) in [4.78, 5) is 11.3. The van der Waals surface area contributed by atoms with E-state index in [0.717, 1.165) is 25.7 Å². The van der Waals surface area contributed by atoms with E-state index in [1.54, 1.807) is 0 Å². The molecule has 72 valence electrons. The van der Waals surface area contributed by atoms with Crippen LogP contribution in [-0.4, -0.2) is 11.9 Å². The first-order chi connectivity index (χ1) is 6.33. The Morgan fingerprint density at radius 1 is 1.54 bits per heavy atom. The summed E-state index contributed by atoms with van der Waals surface area (Å²) in [6, 6.07) is 0.285. The number of allylic oxidation sites excluding steroid dienone is 2. The van der Waals surface area contributed by atoms with Gasteiger partial charge in [0.25, 0.3) is 0 Å². The van der Waals surface area contributed by atoms with E-state index in [-0.39, 0.29) is 11.9 Å². The maximum absolute atomic E-state index is 11.3. The number of amides is 1. The maximum atomic E-state index is 11.3. The van der Waals surface area contributed by atoms with Gasteiger partial charge in [-0.15, -0.1) is 6.58 Å². The van der Waals surface area contributed by atoms with Crippen molar-refractivity contribution in [2.45, 2.75) is 38.1 Å². The largest absolute Gasteiger partial charge is 0.353 e. The summed E-state index contributed by atoms with van der Waals surface area (Å²) in [7, 11) is 0. The number of carbonyl (C=O) groups excluding carboxylic acids is 1. The van der Waals surface area contributed by atoms with Crippen molar-refractivity contribution in [2.24, 2.45) is 0 Å². The highest BCUT2D eigenvalue weighted by Crippen LogP contribution is 2.07. The molecule has 0 radical (unpaired) electrons. The van der Waals surface area contributed by atoms with Crippen LogP contribution in [0.1, 0.15) is 32.1 Å². The quantitative estimate of drug-likeness (QED) is 0.647. The molecule has 1 N–H and O–H groups in total. The van der Waals surface area contributed by atoms with Crippen LogP contribution in [0.15, 0.2) is 24.8 Å². The minimum Gasteiger partial charge on any atom is -0.353 e. The second-order valence-corrected chi connectivity index (χ2v) is 3.38. The van der Waals surface area contributed by atoms with Gasteiger partial charge in [-0.25, -0.2) is 0 Å². The Balaban J connectivity index is 2.47. The fraction of sp³-hybridized carbons (Fsp3) is 0.545. The number of carbonyl (C=O) groups is 1. The van der Waals surface area contributed by atoms with Crippen LogP contribution >= 0.6 is 0 Å². The van der Waals surface area contributed by atoms with Gasteiger partial charge in [0.15, 0.2) is 0 Å². The summed E-state index contributed by atoms with van der Waals surface area (Å²) in [5, 5.41) is 3.01. The predicted octanol–water partition coefficient (Wildman–Crippen LogP) is 2.18. The van der Waals surface area contributed by atoms with Gasteiger partial charge in [-0.1, -0.05) is 18.2 Å². The third kappa shape index (κ3) is 3.92. The molecule has 0 aromatic heterocycles. The molecule has 1 amide bonds. The molecule has 0 saturated heterocycles. The Morgan fingerprint density at radius 2 is 2.31 bits per heavy atom. The molecule has 0 aromatic carbocycles. The van der Waals surface area contributed by atoms with E-state index in [1.807, 2.05) is 6.08 Å². The Hall–Kier alpha value is -1.05. The number of rotatable bonds is 2. The zero-order chi connectivity index (χ0) is 9.52. The highest BCUT2D eigenvalue weighted by Gasteiger charge is 2.10. The number of hydrogen-bond donors (Lipinski definition) is 1. The second-order valence-electron chi connectivity index (χ2n) is 3.38. The van der Waals surface area contributed by atoms with Crippen molar-refractivity contribution in [3.63, 3.8) is 0 Å². The van der Waals surface area contributed by atoms with Crippen LogP contribution in [0.2, 0.25) is 0 Å². The van der Waals surface area contributed by atoms with E-state index in [1.165, 1.54) is 0 Å². The summed E-state index contributed by atoms with van der Waals surface area (Å²) in [5.41, 5.74) is 0. The molecule has 0 saturated carbocycles. The van der Waals surface area contributed by atoms with Gasteiger partial charge < -0.3 is 5.32 Å². The molecule has 13 heavy (non-hydrogen) atoms. The van der Waals surface area contributed by atoms with Gasteiger partial charge in [0.2, 0.25) is 5.91 Å². The molecule has 1 unspecified atom stereocenters. The van der Waals surface area contributed by atoms with Crippen molar-refractivity contribution in [3.05, 3.63) is 24.8 Å². The first kappa shape index (κ1) is 10.0. The lowest BCUT2D eigenvalue weighted by Crippen LogP contribution is -2.33. The Labute approximate surface area is 79.7 Å². The molecule has 0 aromatic rings. The first-order valence-electron chi connectivity index (χ1n) is 4.88. The van der Waals surface area contributed by atoms with E-state index in [2.05, 4.69) is 24.0 Å². The minimum absolute atomic E-state index is 0.165. The van der Waals surface area contributed by atoms with Crippen molar-refractivity contribution in [1.29, 1.82) is 0 Å². The molecule has 1 atom stereocenters. The molecule has 1 aliphatic heterocycles. The summed E-state index contributed by atoms with van der Waals surface area (Å²) >= 11 is 0. The standard InChI is InChI=1S/C11H17NO/c1-2-7-10-8-5-3-4-6-9-11(13)12-10/h2-4,10H,1,5-9H2,(H,12,13)/b4-3-. The SMILES string of the molecule is C=CCC1CC/C=C\CCC(=O)N1. The highest BCUT2D eigenvalue weighted by atomic mass is 16.1. The normalized spacial score (nSPS) is 26.5. The Kier molecular flexibility index (Phi) is 4.30. The van der Waals surface area contributed by atoms with E-state index in [9.17, 15) is 4.79 Å².